The third kappa shape index (κ3) is 7.06. The van der Waals surface area contributed by atoms with Crippen LogP contribution in [0.25, 0.3) is 0 Å². The molecule has 0 fully saturated rings. The molecule has 0 saturated carbocycles. The van der Waals surface area contributed by atoms with E-state index in [1.807, 2.05) is 0 Å². The molecule has 0 aliphatic heterocycles. The van der Waals surface area contributed by atoms with Gasteiger partial charge in [-0.15, -0.1) is 24.2 Å². The molecule has 0 radical (unpaired) electrons. The van der Waals surface area contributed by atoms with Crippen molar-refractivity contribution in [2.45, 2.75) is 11.1 Å². The molecule has 1 rings (SSSR count). The van der Waals surface area contributed by atoms with Crippen molar-refractivity contribution in [3.63, 3.8) is 0 Å². The van der Waals surface area contributed by atoms with Gasteiger partial charge in [0.2, 0.25) is 5.91 Å². The minimum Gasteiger partial charge on any atom is -0.344 e. The molecule has 8 heteroatoms. The Morgan fingerprint density at radius 2 is 2.05 bits per heavy atom. The van der Waals surface area contributed by atoms with E-state index >= 15 is 0 Å². The van der Waals surface area contributed by atoms with Crippen LogP contribution in [0, 0.1) is 0 Å². The lowest BCUT2D eigenvalue weighted by Gasteiger charge is -2.16. The molecule has 1 aromatic carbocycles. The van der Waals surface area contributed by atoms with Gasteiger partial charge in [0.05, 0.1) is 11.3 Å². The molecule has 0 unspecified atom stereocenters. The first-order valence-electron chi connectivity index (χ1n) is 6.03. The molecule has 0 saturated heterocycles. The zero-order chi connectivity index (χ0) is 15.2. The van der Waals surface area contributed by atoms with E-state index < -0.39 is 11.7 Å². The van der Waals surface area contributed by atoms with Crippen LogP contribution in [-0.2, 0) is 11.0 Å². The maximum Gasteiger partial charge on any atom is 0.416 e. The average molecular weight is 343 g/mol. The maximum atomic E-state index is 12.5. The van der Waals surface area contributed by atoms with Crippen molar-refractivity contribution in [3.8, 4) is 0 Å². The highest BCUT2D eigenvalue weighted by atomic mass is 35.5. The molecular formula is C13H18ClF3N2OS. The first kappa shape index (κ1) is 20.1. The Bertz CT molecular complexity index is 457. The van der Waals surface area contributed by atoms with Crippen molar-refractivity contribution in [2.24, 2.45) is 0 Å². The average Bonchev–Trinajstić information content (AvgIpc) is 2.41. The molecule has 0 atom stereocenters. The fourth-order valence-corrected chi connectivity index (χ4v) is 2.32. The van der Waals surface area contributed by atoms with Crippen molar-refractivity contribution in [2.75, 3.05) is 32.9 Å². The summed E-state index contributed by atoms with van der Waals surface area (Å²) in [6.07, 6.45) is -4.36. The fourth-order valence-electron chi connectivity index (χ4n) is 1.42. The van der Waals surface area contributed by atoms with Crippen LogP contribution in [0.1, 0.15) is 5.56 Å². The molecule has 0 aliphatic rings. The topological polar surface area (TPSA) is 32.3 Å². The summed E-state index contributed by atoms with van der Waals surface area (Å²) in [4.78, 5) is 13.8. The number of benzene rings is 1. The molecular weight excluding hydrogens is 325 g/mol. The third-order valence-corrected chi connectivity index (χ3v) is 3.63. The van der Waals surface area contributed by atoms with E-state index in [0.717, 1.165) is 23.9 Å². The quantitative estimate of drug-likeness (QED) is 0.807. The number of thioether (sulfide) groups is 1. The number of halogens is 4. The minimum atomic E-state index is -4.36. The van der Waals surface area contributed by atoms with Crippen LogP contribution in [0.4, 0.5) is 13.2 Å². The van der Waals surface area contributed by atoms with Gasteiger partial charge in [-0.05, 0) is 25.2 Å². The van der Waals surface area contributed by atoms with Crippen LogP contribution < -0.4 is 5.32 Å². The van der Waals surface area contributed by atoms with E-state index in [0.29, 0.717) is 18.0 Å². The number of hydrogen-bond acceptors (Lipinski definition) is 3. The Morgan fingerprint density at radius 1 is 1.38 bits per heavy atom. The normalized spacial score (nSPS) is 10.9. The predicted molar refractivity (Wildman–Crippen MR) is 81.0 cm³/mol. The fraction of sp³-hybridized carbons (Fsp3) is 0.462. The Labute approximate surface area is 132 Å². The zero-order valence-corrected chi connectivity index (χ0v) is 13.4. The number of rotatable bonds is 6. The van der Waals surface area contributed by atoms with Gasteiger partial charge in [-0.25, -0.2) is 0 Å². The Hall–Kier alpha value is -0.920. The van der Waals surface area contributed by atoms with Gasteiger partial charge < -0.3 is 10.2 Å². The summed E-state index contributed by atoms with van der Waals surface area (Å²) in [7, 11) is 3.46. The molecule has 1 amide bonds. The lowest BCUT2D eigenvalue weighted by atomic mass is 10.2. The minimum absolute atomic E-state index is 0. The number of hydrogen-bond donors (Lipinski definition) is 1. The molecule has 3 nitrogen and oxygen atoms in total. The highest BCUT2D eigenvalue weighted by Gasteiger charge is 2.30. The molecule has 1 aromatic rings. The molecule has 120 valence electrons. The van der Waals surface area contributed by atoms with Crippen molar-refractivity contribution < 1.29 is 18.0 Å². The van der Waals surface area contributed by atoms with Gasteiger partial charge in [-0.1, -0.05) is 6.07 Å². The summed E-state index contributed by atoms with van der Waals surface area (Å²) < 4.78 is 37.6. The molecule has 1 N–H and O–H groups in total. The van der Waals surface area contributed by atoms with Gasteiger partial charge in [0, 0.05) is 25.0 Å². The summed E-state index contributed by atoms with van der Waals surface area (Å²) in [6, 6.07) is 5.00. The Morgan fingerprint density at radius 3 is 2.62 bits per heavy atom. The van der Waals surface area contributed by atoms with E-state index in [4.69, 9.17) is 0 Å². The summed E-state index contributed by atoms with van der Waals surface area (Å²) in [5, 5.41) is 2.93. The largest absolute Gasteiger partial charge is 0.416 e. The second kappa shape index (κ2) is 9.17. The lowest BCUT2D eigenvalue weighted by Crippen LogP contribution is -2.33. The van der Waals surface area contributed by atoms with Gasteiger partial charge in [0.1, 0.15) is 0 Å². The molecule has 0 aliphatic carbocycles. The van der Waals surface area contributed by atoms with Crippen LogP contribution in [0.2, 0.25) is 0 Å². The first-order chi connectivity index (χ1) is 9.34. The number of nitrogens with one attached hydrogen (secondary N) is 1. The smallest absolute Gasteiger partial charge is 0.344 e. The summed E-state index contributed by atoms with van der Waals surface area (Å²) >= 11 is 1.11. The standard InChI is InChI=1S/C13H17F3N2OS.ClH/c1-17-6-7-18(2)12(19)9-20-11-5-3-4-10(8-11)13(14,15)16;/h3-5,8,17H,6-7,9H2,1-2H3;1H. The van der Waals surface area contributed by atoms with Crippen LogP contribution >= 0.6 is 24.2 Å². The number of nitrogens with zero attached hydrogens (tertiary/aromatic N) is 1. The van der Waals surface area contributed by atoms with Gasteiger partial charge in [0.15, 0.2) is 0 Å². The van der Waals surface area contributed by atoms with Gasteiger partial charge in [0.25, 0.3) is 0 Å². The number of alkyl halides is 3. The van der Waals surface area contributed by atoms with Crippen molar-refractivity contribution in [1.82, 2.24) is 10.2 Å². The van der Waals surface area contributed by atoms with Gasteiger partial charge >= 0.3 is 6.18 Å². The highest BCUT2D eigenvalue weighted by molar-refractivity contribution is 8.00. The Kier molecular flexibility index (Phi) is 8.77. The summed E-state index contributed by atoms with van der Waals surface area (Å²) in [5.74, 6) is 0.0179. The molecule has 0 heterocycles. The first-order valence-corrected chi connectivity index (χ1v) is 7.01. The third-order valence-electron chi connectivity index (χ3n) is 2.65. The second-order valence-electron chi connectivity index (χ2n) is 4.23. The van der Waals surface area contributed by atoms with E-state index in [9.17, 15) is 18.0 Å². The Balaban J connectivity index is 0.00000400. The molecule has 0 spiro atoms. The monoisotopic (exact) mass is 342 g/mol. The van der Waals surface area contributed by atoms with E-state index in [1.165, 1.54) is 6.07 Å². The van der Waals surface area contributed by atoms with Gasteiger partial charge in [-0.2, -0.15) is 13.2 Å². The van der Waals surface area contributed by atoms with E-state index in [-0.39, 0.29) is 24.1 Å². The van der Waals surface area contributed by atoms with E-state index in [1.54, 1.807) is 25.1 Å². The lowest BCUT2D eigenvalue weighted by molar-refractivity contribution is -0.137. The van der Waals surface area contributed by atoms with E-state index in [2.05, 4.69) is 5.32 Å². The van der Waals surface area contributed by atoms with Crippen LogP contribution in [0.5, 0.6) is 0 Å². The summed E-state index contributed by atoms with van der Waals surface area (Å²) in [5.41, 5.74) is -0.696. The molecule has 0 aromatic heterocycles. The van der Waals surface area contributed by atoms with Crippen LogP contribution in [0.3, 0.4) is 0 Å². The van der Waals surface area contributed by atoms with Crippen molar-refractivity contribution >= 4 is 30.1 Å². The van der Waals surface area contributed by atoms with Crippen LogP contribution in [-0.4, -0.2) is 43.7 Å². The predicted octanol–water partition coefficient (Wildman–Crippen LogP) is 2.90. The second-order valence-corrected chi connectivity index (χ2v) is 5.28. The number of amides is 1. The summed E-state index contributed by atoms with van der Waals surface area (Å²) in [6.45, 7) is 1.24. The number of carbonyl (C=O) groups excluding carboxylic acids is 1. The number of likely N-dealkylation sites (N-methyl/N-ethyl adjacent to an activating group) is 2. The molecule has 21 heavy (non-hydrogen) atoms. The highest BCUT2D eigenvalue weighted by Crippen LogP contribution is 2.31. The maximum absolute atomic E-state index is 12.5. The van der Waals surface area contributed by atoms with Gasteiger partial charge in [-0.3, -0.25) is 4.79 Å². The SMILES string of the molecule is CNCCN(C)C(=O)CSc1cccc(C(F)(F)F)c1.Cl. The zero-order valence-electron chi connectivity index (χ0n) is 11.7. The number of carbonyl (C=O) groups is 1. The molecule has 0 bridgehead atoms. The van der Waals surface area contributed by atoms with Crippen LogP contribution in [0.15, 0.2) is 29.2 Å². The van der Waals surface area contributed by atoms with Crippen molar-refractivity contribution in [3.05, 3.63) is 29.8 Å². The van der Waals surface area contributed by atoms with Crippen molar-refractivity contribution in [1.29, 1.82) is 0 Å².